The highest BCUT2D eigenvalue weighted by Crippen LogP contribution is 2.28. The van der Waals surface area contributed by atoms with E-state index in [9.17, 15) is 9.59 Å². The van der Waals surface area contributed by atoms with E-state index in [4.69, 9.17) is 4.74 Å². The van der Waals surface area contributed by atoms with Gasteiger partial charge in [0.1, 0.15) is 6.10 Å². The Morgan fingerprint density at radius 2 is 2.30 bits per heavy atom. The van der Waals surface area contributed by atoms with Crippen LogP contribution < -0.4 is 0 Å². The van der Waals surface area contributed by atoms with Crippen LogP contribution in [-0.4, -0.2) is 18.4 Å². The van der Waals surface area contributed by atoms with Gasteiger partial charge in [-0.3, -0.25) is 9.59 Å². The lowest BCUT2D eigenvalue weighted by molar-refractivity contribution is -0.152. The van der Waals surface area contributed by atoms with Crippen LogP contribution in [0.15, 0.2) is 0 Å². The molecular weight excluding hydrogens is 132 g/mol. The highest BCUT2D eigenvalue weighted by atomic mass is 16.5. The van der Waals surface area contributed by atoms with Crippen LogP contribution in [0.1, 0.15) is 19.8 Å². The van der Waals surface area contributed by atoms with E-state index in [-0.39, 0.29) is 18.0 Å². The van der Waals surface area contributed by atoms with Gasteiger partial charge in [-0.2, -0.15) is 0 Å². The van der Waals surface area contributed by atoms with Crippen molar-refractivity contribution in [3.05, 3.63) is 0 Å². The standard InChI is InChI=1S/C7H9O3/c1-5(9)10-7-3-2-6(7)4-8/h6-7H,2-3H2,1H3. The van der Waals surface area contributed by atoms with Gasteiger partial charge >= 0.3 is 5.97 Å². The van der Waals surface area contributed by atoms with E-state index >= 15 is 0 Å². The molecule has 1 rings (SSSR count). The van der Waals surface area contributed by atoms with Crippen LogP contribution in [0.4, 0.5) is 0 Å². The van der Waals surface area contributed by atoms with Crippen molar-refractivity contribution in [1.29, 1.82) is 0 Å². The summed E-state index contributed by atoms with van der Waals surface area (Å²) in [5.74, 6) is -0.478. The van der Waals surface area contributed by atoms with Crippen molar-refractivity contribution < 1.29 is 14.3 Å². The van der Waals surface area contributed by atoms with Gasteiger partial charge in [0, 0.05) is 6.92 Å². The Bertz CT molecular complexity index is 153. The monoisotopic (exact) mass is 141 g/mol. The maximum absolute atomic E-state index is 10.4. The minimum atomic E-state index is -0.315. The van der Waals surface area contributed by atoms with Gasteiger partial charge in [-0.25, -0.2) is 0 Å². The van der Waals surface area contributed by atoms with Crippen LogP contribution in [-0.2, 0) is 14.3 Å². The third-order valence-corrected chi connectivity index (χ3v) is 1.68. The predicted molar refractivity (Wildman–Crippen MR) is 34.0 cm³/mol. The number of rotatable bonds is 2. The Labute approximate surface area is 59.4 Å². The van der Waals surface area contributed by atoms with Gasteiger partial charge in [0.2, 0.25) is 6.29 Å². The Kier molecular flexibility index (Phi) is 2.04. The van der Waals surface area contributed by atoms with Crippen molar-refractivity contribution in [2.24, 2.45) is 5.92 Å². The van der Waals surface area contributed by atoms with E-state index in [1.165, 1.54) is 6.92 Å². The summed E-state index contributed by atoms with van der Waals surface area (Å²) in [6, 6.07) is 0. The van der Waals surface area contributed by atoms with E-state index < -0.39 is 0 Å². The third kappa shape index (κ3) is 1.35. The quantitative estimate of drug-likeness (QED) is 0.524. The van der Waals surface area contributed by atoms with E-state index in [1.54, 1.807) is 0 Å². The second kappa shape index (κ2) is 2.82. The third-order valence-electron chi connectivity index (χ3n) is 1.68. The molecule has 10 heavy (non-hydrogen) atoms. The Morgan fingerprint density at radius 1 is 1.60 bits per heavy atom. The fourth-order valence-electron chi connectivity index (χ4n) is 0.958. The summed E-state index contributed by atoms with van der Waals surface area (Å²) in [5, 5.41) is 0. The van der Waals surface area contributed by atoms with Crippen LogP contribution in [0.25, 0.3) is 0 Å². The fraction of sp³-hybridized carbons (Fsp3) is 0.714. The summed E-state index contributed by atoms with van der Waals surface area (Å²) >= 11 is 0. The van der Waals surface area contributed by atoms with Gasteiger partial charge in [0.25, 0.3) is 0 Å². The molecule has 0 aromatic carbocycles. The summed E-state index contributed by atoms with van der Waals surface area (Å²) in [7, 11) is 0. The zero-order valence-electron chi connectivity index (χ0n) is 5.79. The smallest absolute Gasteiger partial charge is 0.302 e. The number of hydrogen-bond acceptors (Lipinski definition) is 3. The van der Waals surface area contributed by atoms with Crippen LogP contribution in [0.5, 0.6) is 0 Å². The second-order valence-electron chi connectivity index (χ2n) is 2.45. The van der Waals surface area contributed by atoms with Gasteiger partial charge in [-0.1, -0.05) is 0 Å². The molecule has 2 atom stereocenters. The maximum Gasteiger partial charge on any atom is 0.302 e. The molecule has 0 saturated heterocycles. The van der Waals surface area contributed by atoms with Crippen molar-refractivity contribution in [2.75, 3.05) is 0 Å². The maximum atomic E-state index is 10.4. The lowest BCUT2D eigenvalue weighted by Gasteiger charge is -2.30. The van der Waals surface area contributed by atoms with Gasteiger partial charge in [0.15, 0.2) is 0 Å². The number of carbonyl (C=O) groups excluding carboxylic acids is 2. The van der Waals surface area contributed by atoms with E-state index in [1.807, 2.05) is 6.29 Å². The molecule has 0 bridgehead atoms. The molecule has 0 amide bonds. The molecule has 1 fully saturated rings. The SMILES string of the molecule is CC(=O)OC1CCC1[C]=O. The average molecular weight is 141 g/mol. The lowest BCUT2D eigenvalue weighted by Crippen LogP contribution is -2.36. The summed E-state index contributed by atoms with van der Waals surface area (Å²) in [5.41, 5.74) is 0. The first-order chi connectivity index (χ1) is 4.74. The van der Waals surface area contributed by atoms with E-state index in [0.29, 0.717) is 0 Å². The Morgan fingerprint density at radius 3 is 2.60 bits per heavy atom. The number of esters is 1. The summed E-state index contributed by atoms with van der Waals surface area (Å²) < 4.78 is 4.79. The molecular formula is C7H9O3. The summed E-state index contributed by atoms with van der Waals surface area (Å²) in [4.78, 5) is 20.4. The van der Waals surface area contributed by atoms with Crippen molar-refractivity contribution in [3.8, 4) is 0 Å². The molecule has 2 unspecified atom stereocenters. The zero-order valence-corrected chi connectivity index (χ0v) is 5.79. The normalized spacial score (nSPS) is 30.5. The van der Waals surface area contributed by atoms with E-state index in [0.717, 1.165) is 12.8 Å². The fourth-order valence-corrected chi connectivity index (χ4v) is 0.958. The lowest BCUT2D eigenvalue weighted by atomic mass is 9.83. The minimum Gasteiger partial charge on any atom is -0.462 e. The topological polar surface area (TPSA) is 43.4 Å². The first-order valence-corrected chi connectivity index (χ1v) is 3.29. The molecule has 1 radical (unpaired) electrons. The average Bonchev–Trinajstić information content (AvgIpc) is 1.82. The van der Waals surface area contributed by atoms with Crippen LogP contribution in [0, 0.1) is 5.92 Å². The van der Waals surface area contributed by atoms with Gasteiger partial charge in [-0.15, -0.1) is 0 Å². The van der Waals surface area contributed by atoms with E-state index in [2.05, 4.69) is 0 Å². The molecule has 0 N–H and O–H groups in total. The molecule has 0 aromatic rings. The number of ether oxygens (including phenoxy) is 1. The molecule has 3 nitrogen and oxygen atoms in total. The second-order valence-corrected chi connectivity index (χ2v) is 2.45. The van der Waals surface area contributed by atoms with Crippen molar-refractivity contribution in [1.82, 2.24) is 0 Å². The molecule has 0 aromatic heterocycles. The molecule has 0 heterocycles. The summed E-state index contributed by atoms with van der Waals surface area (Å²) in [6.07, 6.45) is 3.26. The molecule has 1 saturated carbocycles. The Hall–Kier alpha value is -0.860. The van der Waals surface area contributed by atoms with Crippen LogP contribution in [0.2, 0.25) is 0 Å². The van der Waals surface area contributed by atoms with Crippen LogP contribution >= 0.6 is 0 Å². The minimum absolute atomic E-state index is 0.163. The largest absolute Gasteiger partial charge is 0.462 e. The number of hydrogen-bond donors (Lipinski definition) is 0. The van der Waals surface area contributed by atoms with Gasteiger partial charge in [0.05, 0.1) is 5.92 Å². The van der Waals surface area contributed by atoms with Crippen molar-refractivity contribution in [3.63, 3.8) is 0 Å². The summed E-state index contributed by atoms with van der Waals surface area (Å²) in [6.45, 7) is 1.35. The highest BCUT2D eigenvalue weighted by Gasteiger charge is 2.33. The number of carbonyl (C=O) groups is 1. The van der Waals surface area contributed by atoms with Crippen molar-refractivity contribution >= 4 is 12.3 Å². The molecule has 0 aliphatic heterocycles. The first kappa shape index (κ1) is 7.25. The Balaban J connectivity index is 2.29. The van der Waals surface area contributed by atoms with Gasteiger partial charge < -0.3 is 4.74 Å². The first-order valence-electron chi connectivity index (χ1n) is 3.29. The molecule has 1 aliphatic carbocycles. The molecule has 0 spiro atoms. The van der Waals surface area contributed by atoms with Crippen molar-refractivity contribution in [2.45, 2.75) is 25.9 Å². The molecule has 1 aliphatic rings. The van der Waals surface area contributed by atoms with Crippen LogP contribution in [0.3, 0.4) is 0 Å². The zero-order chi connectivity index (χ0) is 7.56. The van der Waals surface area contributed by atoms with Gasteiger partial charge in [-0.05, 0) is 12.8 Å². The molecule has 55 valence electrons. The molecule has 3 heteroatoms. The predicted octanol–water partition coefficient (Wildman–Crippen LogP) is 0.438. The highest BCUT2D eigenvalue weighted by molar-refractivity contribution is 5.67.